The molecule has 2 aliphatic heterocycles. The Morgan fingerprint density at radius 3 is 2.39 bits per heavy atom. The first-order chi connectivity index (χ1) is 8.51. The van der Waals surface area contributed by atoms with E-state index in [2.05, 4.69) is 4.90 Å². The minimum absolute atomic E-state index is 0.118. The van der Waals surface area contributed by atoms with Gasteiger partial charge in [-0.2, -0.15) is 0 Å². The third-order valence-corrected chi connectivity index (χ3v) is 4.38. The summed E-state index contributed by atoms with van der Waals surface area (Å²) in [6, 6.07) is 0. The molecule has 0 aromatic carbocycles. The second-order valence-corrected chi connectivity index (χ2v) is 5.54. The smallest absolute Gasteiger partial charge is 0.332 e. The Bertz CT molecular complexity index is 375. The molecule has 0 radical (unpaired) electrons. The third kappa shape index (κ3) is 2.01. The number of carbonyl (C=O) groups is 3. The summed E-state index contributed by atoms with van der Waals surface area (Å²) in [6.45, 7) is 1.33. The van der Waals surface area contributed by atoms with E-state index in [-0.39, 0.29) is 16.9 Å². The number of nitrogens with zero attached hydrogens (tertiary/aromatic N) is 2. The van der Waals surface area contributed by atoms with Crippen LogP contribution in [-0.2, 0) is 14.3 Å². The number of hydrogen-bond donors (Lipinski definition) is 0. The van der Waals surface area contributed by atoms with Gasteiger partial charge < -0.3 is 9.64 Å². The number of piperidine rings is 1. The SMILES string of the molecule is COC(=O)C1(N2C(=O)CSC2=O)CCN(C)CC1. The Balaban J connectivity index is 2.33. The van der Waals surface area contributed by atoms with Crippen LogP contribution in [0, 0.1) is 0 Å². The summed E-state index contributed by atoms with van der Waals surface area (Å²) in [5, 5.41) is -0.338. The predicted molar refractivity (Wildman–Crippen MR) is 66.2 cm³/mol. The van der Waals surface area contributed by atoms with Crippen molar-refractivity contribution < 1.29 is 19.1 Å². The van der Waals surface area contributed by atoms with Crippen molar-refractivity contribution in [3.63, 3.8) is 0 Å². The van der Waals surface area contributed by atoms with Gasteiger partial charge in [0.05, 0.1) is 12.9 Å². The van der Waals surface area contributed by atoms with Crippen molar-refractivity contribution in [2.45, 2.75) is 18.4 Å². The first kappa shape index (κ1) is 13.4. The zero-order chi connectivity index (χ0) is 13.3. The molecule has 2 heterocycles. The van der Waals surface area contributed by atoms with Crippen LogP contribution in [0.3, 0.4) is 0 Å². The molecule has 0 aliphatic carbocycles. The molecule has 0 aromatic rings. The molecule has 100 valence electrons. The molecule has 0 aromatic heterocycles. The number of thioether (sulfide) groups is 1. The lowest BCUT2D eigenvalue weighted by molar-refractivity contribution is -0.160. The van der Waals surface area contributed by atoms with Crippen LogP contribution in [0.5, 0.6) is 0 Å². The number of rotatable bonds is 2. The van der Waals surface area contributed by atoms with Crippen LogP contribution in [0.15, 0.2) is 0 Å². The largest absolute Gasteiger partial charge is 0.467 e. The Labute approximate surface area is 110 Å². The van der Waals surface area contributed by atoms with Crippen LogP contribution in [0.4, 0.5) is 4.79 Å². The molecule has 7 heteroatoms. The Morgan fingerprint density at radius 2 is 1.94 bits per heavy atom. The molecule has 0 bridgehead atoms. The minimum Gasteiger partial charge on any atom is -0.467 e. The molecule has 0 spiro atoms. The summed E-state index contributed by atoms with van der Waals surface area (Å²) in [5.74, 6) is -0.660. The Kier molecular flexibility index (Phi) is 3.63. The Hall–Kier alpha value is -1.08. The zero-order valence-corrected chi connectivity index (χ0v) is 11.3. The standard InChI is InChI=1S/C11H16N2O4S/c1-12-5-3-11(4-6-12,9(15)17-2)13-8(14)7-18-10(13)16/h3-7H2,1-2H3. The molecular weight excluding hydrogens is 256 g/mol. The topological polar surface area (TPSA) is 66.9 Å². The second kappa shape index (κ2) is 4.89. The molecule has 2 rings (SSSR count). The van der Waals surface area contributed by atoms with Gasteiger partial charge in [0.1, 0.15) is 0 Å². The van der Waals surface area contributed by atoms with Crippen molar-refractivity contribution in [2.24, 2.45) is 0 Å². The maximum absolute atomic E-state index is 12.1. The van der Waals surface area contributed by atoms with Gasteiger partial charge in [0.25, 0.3) is 5.24 Å². The fraction of sp³-hybridized carbons (Fsp3) is 0.727. The number of esters is 1. The maximum Gasteiger partial charge on any atom is 0.332 e. The van der Waals surface area contributed by atoms with Gasteiger partial charge in [-0.05, 0) is 19.9 Å². The van der Waals surface area contributed by atoms with E-state index in [9.17, 15) is 14.4 Å². The highest BCUT2D eigenvalue weighted by Gasteiger charge is 2.53. The molecule has 2 aliphatic rings. The summed E-state index contributed by atoms with van der Waals surface area (Å²) in [4.78, 5) is 39.0. The maximum atomic E-state index is 12.1. The van der Waals surface area contributed by atoms with Crippen LogP contribution in [0.1, 0.15) is 12.8 Å². The summed E-state index contributed by atoms with van der Waals surface area (Å²) in [7, 11) is 3.24. The lowest BCUT2D eigenvalue weighted by atomic mass is 9.86. The third-order valence-electron chi connectivity index (χ3n) is 3.56. The minimum atomic E-state index is -1.10. The summed E-state index contributed by atoms with van der Waals surface area (Å²) < 4.78 is 4.82. The normalized spacial score (nSPS) is 24.4. The van der Waals surface area contributed by atoms with Crippen LogP contribution < -0.4 is 0 Å². The highest BCUT2D eigenvalue weighted by Crippen LogP contribution is 2.36. The van der Waals surface area contributed by atoms with E-state index in [0.717, 1.165) is 16.7 Å². The predicted octanol–water partition coefficient (Wildman–Crippen LogP) is 0.319. The number of carbonyl (C=O) groups excluding carboxylic acids is 3. The van der Waals surface area contributed by atoms with Gasteiger partial charge in [-0.15, -0.1) is 0 Å². The van der Waals surface area contributed by atoms with E-state index in [4.69, 9.17) is 4.74 Å². The van der Waals surface area contributed by atoms with E-state index in [0.29, 0.717) is 25.9 Å². The van der Waals surface area contributed by atoms with E-state index < -0.39 is 11.5 Å². The van der Waals surface area contributed by atoms with Crippen molar-refractivity contribution >= 4 is 28.9 Å². The van der Waals surface area contributed by atoms with Crippen LogP contribution in [-0.4, -0.2) is 65.5 Å². The van der Waals surface area contributed by atoms with Crippen LogP contribution in [0.2, 0.25) is 0 Å². The van der Waals surface area contributed by atoms with Gasteiger partial charge in [0.2, 0.25) is 5.91 Å². The molecule has 2 amide bonds. The lowest BCUT2D eigenvalue weighted by Gasteiger charge is -2.42. The molecular formula is C11H16N2O4S. The lowest BCUT2D eigenvalue weighted by Crippen LogP contribution is -2.61. The summed E-state index contributed by atoms with van der Waals surface area (Å²) in [6.07, 6.45) is 0.877. The zero-order valence-electron chi connectivity index (χ0n) is 10.5. The molecule has 0 unspecified atom stereocenters. The highest BCUT2D eigenvalue weighted by atomic mass is 32.2. The van der Waals surface area contributed by atoms with Gasteiger partial charge in [-0.3, -0.25) is 14.5 Å². The highest BCUT2D eigenvalue weighted by molar-refractivity contribution is 8.14. The summed E-state index contributed by atoms with van der Waals surface area (Å²) in [5.41, 5.74) is -1.10. The number of amides is 2. The van der Waals surface area contributed by atoms with Gasteiger partial charge in [0.15, 0.2) is 5.54 Å². The molecule has 2 fully saturated rings. The van der Waals surface area contributed by atoms with Crippen molar-refractivity contribution in [2.75, 3.05) is 33.0 Å². The van der Waals surface area contributed by atoms with E-state index in [1.807, 2.05) is 7.05 Å². The van der Waals surface area contributed by atoms with Crippen LogP contribution in [0.25, 0.3) is 0 Å². The number of imide groups is 1. The molecule has 18 heavy (non-hydrogen) atoms. The van der Waals surface area contributed by atoms with Crippen LogP contribution >= 0.6 is 11.8 Å². The molecule has 0 atom stereocenters. The molecule has 6 nitrogen and oxygen atoms in total. The van der Waals surface area contributed by atoms with E-state index >= 15 is 0 Å². The average Bonchev–Trinajstić information content (AvgIpc) is 2.70. The fourth-order valence-corrected chi connectivity index (χ4v) is 3.25. The Morgan fingerprint density at radius 1 is 1.33 bits per heavy atom. The van der Waals surface area contributed by atoms with E-state index in [1.165, 1.54) is 7.11 Å². The average molecular weight is 272 g/mol. The molecule has 0 saturated carbocycles. The molecule has 2 saturated heterocycles. The van der Waals surface area contributed by atoms with Gasteiger partial charge in [0, 0.05) is 13.1 Å². The monoisotopic (exact) mass is 272 g/mol. The van der Waals surface area contributed by atoms with Gasteiger partial charge in [-0.25, -0.2) is 4.79 Å². The van der Waals surface area contributed by atoms with Crippen molar-refractivity contribution in [3.05, 3.63) is 0 Å². The van der Waals surface area contributed by atoms with Crippen molar-refractivity contribution in [1.29, 1.82) is 0 Å². The second-order valence-electron chi connectivity index (χ2n) is 4.61. The van der Waals surface area contributed by atoms with Crippen molar-refractivity contribution in [3.8, 4) is 0 Å². The van der Waals surface area contributed by atoms with E-state index in [1.54, 1.807) is 0 Å². The number of hydrogen-bond acceptors (Lipinski definition) is 6. The quantitative estimate of drug-likeness (QED) is 0.674. The van der Waals surface area contributed by atoms with Gasteiger partial charge >= 0.3 is 5.97 Å². The summed E-state index contributed by atoms with van der Waals surface area (Å²) >= 11 is 0.950. The van der Waals surface area contributed by atoms with Crippen molar-refractivity contribution in [1.82, 2.24) is 9.80 Å². The first-order valence-electron chi connectivity index (χ1n) is 5.78. The number of likely N-dealkylation sites (tertiary alicyclic amines) is 1. The number of ether oxygens (including phenoxy) is 1. The fourth-order valence-electron chi connectivity index (χ4n) is 2.47. The van der Waals surface area contributed by atoms with Gasteiger partial charge in [-0.1, -0.05) is 11.8 Å². The first-order valence-corrected chi connectivity index (χ1v) is 6.76. The molecule has 0 N–H and O–H groups in total. The number of methoxy groups -OCH3 is 1.